The van der Waals surface area contributed by atoms with Crippen molar-refractivity contribution in [1.82, 2.24) is 4.72 Å². The summed E-state index contributed by atoms with van der Waals surface area (Å²) in [5.41, 5.74) is -0.724. The lowest BCUT2D eigenvalue weighted by Crippen LogP contribution is -2.51. The molecule has 0 rings (SSSR count). The van der Waals surface area contributed by atoms with Gasteiger partial charge < -0.3 is 5.11 Å². The normalized spacial score (nSPS) is 15.4. The van der Waals surface area contributed by atoms with Crippen LogP contribution in [0.15, 0.2) is 0 Å². The second kappa shape index (κ2) is 3.60. The molecule has 78 valence electrons. The highest BCUT2D eigenvalue weighted by Gasteiger charge is 2.33. The van der Waals surface area contributed by atoms with E-state index in [4.69, 9.17) is 5.11 Å². The van der Waals surface area contributed by atoms with E-state index in [1.165, 1.54) is 0 Å². The monoisotopic (exact) mass is 210 g/mol. The van der Waals surface area contributed by atoms with Gasteiger partial charge in [0.15, 0.2) is 0 Å². The summed E-state index contributed by atoms with van der Waals surface area (Å²) in [7, 11) is -3.98. The number of nitrogens with two attached hydrogens (primary N) is 1. The summed E-state index contributed by atoms with van der Waals surface area (Å²) in [6, 6.07) is -1.22. The number of carboxylic acid groups (broad SMARTS) is 1. The molecule has 0 bridgehead atoms. The van der Waals surface area contributed by atoms with Crippen molar-refractivity contribution in [2.45, 2.75) is 26.8 Å². The van der Waals surface area contributed by atoms with Gasteiger partial charge in [-0.2, -0.15) is 13.1 Å². The van der Waals surface area contributed by atoms with Crippen LogP contribution in [0.3, 0.4) is 0 Å². The second-order valence-corrected chi connectivity index (χ2v) is 5.13. The Hall–Kier alpha value is -0.660. The number of hydrogen-bond acceptors (Lipinski definition) is 3. The molecule has 0 saturated heterocycles. The molecule has 0 saturated carbocycles. The molecule has 0 aliphatic carbocycles. The first kappa shape index (κ1) is 12.3. The highest BCUT2D eigenvalue weighted by Crippen LogP contribution is 2.19. The Morgan fingerprint density at radius 3 is 1.92 bits per heavy atom. The van der Waals surface area contributed by atoms with E-state index in [0.29, 0.717) is 0 Å². The Bertz CT molecular complexity index is 290. The van der Waals surface area contributed by atoms with Gasteiger partial charge in [0.25, 0.3) is 10.2 Å². The Balaban J connectivity index is 4.77. The Kier molecular flexibility index (Phi) is 3.42. The Labute approximate surface area is 77.3 Å². The second-order valence-electron chi connectivity index (χ2n) is 3.80. The number of carboxylic acids is 1. The number of nitrogens with one attached hydrogen (secondary N) is 1. The molecule has 0 aromatic heterocycles. The van der Waals surface area contributed by atoms with Crippen molar-refractivity contribution in [3.05, 3.63) is 0 Å². The molecule has 0 amide bonds. The fourth-order valence-electron chi connectivity index (χ4n) is 0.762. The standard InChI is InChI=1S/C6H14N2O4S/c1-6(2,3)4(5(9)10)8-13(7,11)12/h4,8H,1-3H3,(H,9,10)(H2,7,11,12). The first-order valence-corrected chi connectivity index (χ1v) is 5.11. The third kappa shape index (κ3) is 4.81. The molecule has 0 fully saturated rings. The average Bonchev–Trinajstić information content (AvgIpc) is 1.77. The smallest absolute Gasteiger partial charge is 0.322 e. The van der Waals surface area contributed by atoms with E-state index >= 15 is 0 Å². The molecule has 7 heteroatoms. The highest BCUT2D eigenvalue weighted by atomic mass is 32.2. The van der Waals surface area contributed by atoms with Crippen LogP contribution < -0.4 is 9.86 Å². The quantitative estimate of drug-likeness (QED) is 0.571. The van der Waals surface area contributed by atoms with Crippen LogP contribution in [-0.4, -0.2) is 25.5 Å². The molecular formula is C6H14N2O4S. The summed E-state index contributed by atoms with van der Waals surface area (Å²) < 4.78 is 23.0. The molecule has 13 heavy (non-hydrogen) atoms. The van der Waals surface area contributed by atoms with Gasteiger partial charge in [-0.25, -0.2) is 5.14 Å². The molecular weight excluding hydrogens is 196 g/mol. The maximum Gasteiger partial charge on any atom is 0.322 e. The summed E-state index contributed by atoms with van der Waals surface area (Å²) in [4.78, 5) is 10.6. The zero-order valence-corrected chi connectivity index (χ0v) is 8.55. The fraction of sp³-hybridized carbons (Fsp3) is 0.833. The summed E-state index contributed by atoms with van der Waals surface area (Å²) in [5, 5.41) is 13.4. The van der Waals surface area contributed by atoms with Gasteiger partial charge in [-0.3, -0.25) is 4.79 Å². The van der Waals surface area contributed by atoms with Gasteiger partial charge in [0.1, 0.15) is 6.04 Å². The third-order valence-corrected chi connectivity index (χ3v) is 1.96. The first-order chi connectivity index (χ1) is 5.54. The van der Waals surface area contributed by atoms with Crippen molar-refractivity contribution < 1.29 is 18.3 Å². The van der Waals surface area contributed by atoms with Crippen LogP contribution >= 0.6 is 0 Å². The van der Waals surface area contributed by atoms with Crippen LogP contribution in [0, 0.1) is 5.41 Å². The summed E-state index contributed by atoms with van der Waals surface area (Å²) >= 11 is 0. The van der Waals surface area contributed by atoms with E-state index in [9.17, 15) is 13.2 Å². The maximum absolute atomic E-state index is 10.6. The zero-order valence-electron chi connectivity index (χ0n) is 7.73. The first-order valence-electron chi connectivity index (χ1n) is 3.57. The predicted molar refractivity (Wildman–Crippen MR) is 47.1 cm³/mol. The van der Waals surface area contributed by atoms with Crippen LogP contribution in [0.5, 0.6) is 0 Å². The van der Waals surface area contributed by atoms with Crippen molar-refractivity contribution in [3.8, 4) is 0 Å². The molecule has 0 aromatic rings. The zero-order chi connectivity index (χ0) is 10.9. The molecule has 4 N–H and O–H groups in total. The molecule has 1 unspecified atom stereocenters. The van der Waals surface area contributed by atoms with E-state index in [0.717, 1.165) is 0 Å². The van der Waals surface area contributed by atoms with Crippen LogP contribution in [0.4, 0.5) is 0 Å². The van der Waals surface area contributed by atoms with Crippen LogP contribution in [0.25, 0.3) is 0 Å². The van der Waals surface area contributed by atoms with Crippen molar-refractivity contribution in [3.63, 3.8) is 0 Å². The lowest BCUT2D eigenvalue weighted by molar-refractivity contribution is -0.141. The van der Waals surface area contributed by atoms with Gasteiger partial charge in [-0.1, -0.05) is 20.8 Å². The predicted octanol–water partition coefficient (Wildman–Crippen LogP) is -0.721. The van der Waals surface area contributed by atoms with Gasteiger partial charge in [-0.15, -0.1) is 0 Å². The highest BCUT2D eigenvalue weighted by molar-refractivity contribution is 7.87. The SMILES string of the molecule is CC(C)(C)C(NS(N)(=O)=O)C(=O)O. The van der Waals surface area contributed by atoms with Crippen LogP contribution in [0.2, 0.25) is 0 Å². The van der Waals surface area contributed by atoms with E-state index < -0.39 is 27.6 Å². The van der Waals surface area contributed by atoms with Crippen LogP contribution in [-0.2, 0) is 15.0 Å². The third-order valence-electron chi connectivity index (χ3n) is 1.40. The topological polar surface area (TPSA) is 109 Å². The molecule has 0 heterocycles. The van der Waals surface area contributed by atoms with Gasteiger partial charge in [0.05, 0.1) is 0 Å². The minimum atomic E-state index is -3.98. The van der Waals surface area contributed by atoms with Crippen molar-refractivity contribution >= 4 is 16.2 Å². The fourth-order valence-corrected chi connectivity index (χ4v) is 1.54. The van der Waals surface area contributed by atoms with E-state index in [2.05, 4.69) is 5.14 Å². The summed E-state index contributed by atoms with van der Waals surface area (Å²) in [6.07, 6.45) is 0. The summed E-state index contributed by atoms with van der Waals surface area (Å²) in [5.74, 6) is -1.25. The molecule has 0 radical (unpaired) electrons. The molecule has 1 atom stereocenters. The number of rotatable bonds is 3. The van der Waals surface area contributed by atoms with Gasteiger partial charge in [0, 0.05) is 0 Å². The Morgan fingerprint density at radius 2 is 1.85 bits per heavy atom. The minimum Gasteiger partial charge on any atom is -0.480 e. The molecule has 0 aliphatic heterocycles. The maximum atomic E-state index is 10.6. The van der Waals surface area contributed by atoms with Gasteiger partial charge in [0.2, 0.25) is 0 Å². The van der Waals surface area contributed by atoms with Gasteiger partial charge >= 0.3 is 5.97 Å². The van der Waals surface area contributed by atoms with Crippen molar-refractivity contribution in [2.75, 3.05) is 0 Å². The van der Waals surface area contributed by atoms with Crippen molar-refractivity contribution in [1.29, 1.82) is 0 Å². The molecule has 0 spiro atoms. The largest absolute Gasteiger partial charge is 0.480 e. The lowest BCUT2D eigenvalue weighted by Gasteiger charge is -2.26. The van der Waals surface area contributed by atoms with Crippen molar-refractivity contribution in [2.24, 2.45) is 10.6 Å². The summed E-state index contributed by atoms with van der Waals surface area (Å²) in [6.45, 7) is 4.80. The molecule has 6 nitrogen and oxygen atoms in total. The van der Waals surface area contributed by atoms with E-state index in [1.54, 1.807) is 20.8 Å². The van der Waals surface area contributed by atoms with E-state index in [1.807, 2.05) is 4.72 Å². The van der Waals surface area contributed by atoms with E-state index in [-0.39, 0.29) is 0 Å². The Morgan fingerprint density at radius 1 is 1.46 bits per heavy atom. The van der Waals surface area contributed by atoms with Crippen LogP contribution in [0.1, 0.15) is 20.8 Å². The average molecular weight is 210 g/mol. The molecule has 0 aromatic carbocycles. The number of carbonyl (C=O) groups is 1. The number of aliphatic carboxylic acids is 1. The minimum absolute atomic E-state index is 0.724. The van der Waals surface area contributed by atoms with Gasteiger partial charge in [-0.05, 0) is 5.41 Å². The molecule has 0 aliphatic rings. The number of hydrogen-bond donors (Lipinski definition) is 3. The lowest BCUT2D eigenvalue weighted by atomic mass is 9.88.